The van der Waals surface area contributed by atoms with E-state index in [0.717, 1.165) is 11.8 Å². The monoisotopic (exact) mass is 251 g/mol. The Morgan fingerprint density at radius 1 is 1.06 bits per heavy atom. The number of aliphatic imine (C=N–C) groups is 1. The normalized spacial score (nSPS) is 30.9. The summed E-state index contributed by atoms with van der Waals surface area (Å²) in [6.07, 6.45) is 10.4. The fraction of sp³-hybridized carbons (Fsp3) is 0.933. The Balaban J connectivity index is 1.91. The van der Waals surface area contributed by atoms with Crippen LogP contribution < -0.4 is 11.1 Å². The van der Waals surface area contributed by atoms with Gasteiger partial charge in [0.2, 0.25) is 0 Å². The van der Waals surface area contributed by atoms with Crippen LogP contribution in [0.1, 0.15) is 65.2 Å². The molecule has 0 spiro atoms. The minimum Gasteiger partial charge on any atom is -0.370 e. The molecule has 0 bridgehead atoms. The predicted molar refractivity (Wildman–Crippen MR) is 77.6 cm³/mol. The highest BCUT2D eigenvalue weighted by atomic mass is 15.1. The van der Waals surface area contributed by atoms with Crippen LogP contribution in [0, 0.1) is 11.8 Å². The number of hydrogen-bond donors (Lipinski definition) is 2. The molecule has 2 aliphatic rings. The number of nitrogens with two attached hydrogens (primary N) is 1. The maximum Gasteiger partial charge on any atom is 0.189 e. The number of nitrogens with one attached hydrogen (secondary N) is 1. The van der Waals surface area contributed by atoms with Gasteiger partial charge in [-0.2, -0.15) is 0 Å². The molecule has 2 unspecified atom stereocenters. The van der Waals surface area contributed by atoms with Crippen LogP contribution in [-0.2, 0) is 0 Å². The van der Waals surface area contributed by atoms with E-state index in [2.05, 4.69) is 19.2 Å². The van der Waals surface area contributed by atoms with Crippen molar-refractivity contribution in [3.05, 3.63) is 0 Å². The lowest BCUT2D eigenvalue weighted by molar-refractivity contribution is 0.241. The molecule has 0 aliphatic heterocycles. The van der Waals surface area contributed by atoms with Crippen LogP contribution >= 0.6 is 0 Å². The summed E-state index contributed by atoms with van der Waals surface area (Å²) in [6.45, 7) is 4.64. The number of nitrogens with zero attached hydrogens (tertiary/aromatic N) is 1. The van der Waals surface area contributed by atoms with Crippen molar-refractivity contribution in [2.75, 3.05) is 0 Å². The zero-order valence-electron chi connectivity index (χ0n) is 12.0. The van der Waals surface area contributed by atoms with Crippen molar-refractivity contribution in [1.82, 2.24) is 5.32 Å². The maximum atomic E-state index is 6.09. The van der Waals surface area contributed by atoms with Crippen LogP contribution in [0.2, 0.25) is 0 Å². The summed E-state index contributed by atoms with van der Waals surface area (Å²) in [4.78, 5) is 4.79. The first-order valence-corrected chi connectivity index (χ1v) is 7.76. The topological polar surface area (TPSA) is 50.4 Å². The molecule has 2 fully saturated rings. The fourth-order valence-corrected chi connectivity index (χ4v) is 3.57. The fourth-order valence-electron chi connectivity index (χ4n) is 3.57. The van der Waals surface area contributed by atoms with Gasteiger partial charge in [0.05, 0.1) is 6.04 Å². The average molecular weight is 251 g/mol. The molecule has 3 heteroatoms. The van der Waals surface area contributed by atoms with Crippen molar-refractivity contribution < 1.29 is 0 Å². The summed E-state index contributed by atoms with van der Waals surface area (Å²) in [5, 5.41) is 3.41. The molecule has 2 saturated carbocycles. The van der Waals surface area contributed by atoms with Crippen molar-refractivity contribution in [3.8, 4) is 0 Å². The molecule has 0 heterocycles. The van der Waals surface area contributed by atoms with E-state index in [1.165, 1.54) is 51.4 Å². The highest BCUT2D eigenvalue weighted by molar-refractivity contribution is 5.78. The van der Waals surface area contributed by atoms with Gasteiger partial charge >= 0.3 is 0 Å². The van der Waals surface area contributed by atoms with E-state index in [9.17, 15) is 0 Å². The molecule has 0 aromatic heterocycles. The molecule has 0 saturated heterocycles. The smallest absolute Gasteiger partial charge is 0.189 e. The summed E-state index contributed by atoms with van der Waals surface area (Å²) >= 11 is 0. The number of hydrogen-bond acceptors (Lipinski definition) is 1. The summed E-state index contributed by atoms with van der Waals surface area (Å²) in [5.41, 5.74) is 6.09. The molecule has 3 nitrogen and oxygen atoms in total. The van der Waals surface area contributed by atoms with Gasteiger partial charge in [0.15, 0.2) is 5.96 Å². The molecule has 2 atom stereocenters. The van der Waals surface area contributed by atoms with E-state index in [4.69, 9.17) is 10.7 Å². The third-order valence-corrected chi connectivity index (χ3v) is 4.65. The van der Waals surface area contributed by atoms with Crippen molar-refractivity contribution >= 4 is 5.96 Å². The largest absolute Gasteiger partial charge is 0.370 e. The quantitative estimate of drug-likeness (QED) is 0.598. The van der Waals surface area contributed by atoms with Crippen molar-refractivity contribution in [3.63, 3.8) is 0 Å². The van der Waals surface area contributed by atoms with Gasteiger partial charge in [-0.15, -0.1) is 0 Å². The second-order valence-electron chi connectivity index (χ2n) is 6.40. The second kappa shape index (κ2) is 6.44. The third-order valence-electron chi connectivity index (χ3n) is 4.65. The SMILES string of the molecule is CC(C)C1CCCCC1N=C(N)NC1CCCC1. The minimum atomic E-state index is 0.452. The van der Waals surface area contributed by atoms with Gasteiger partial charge in [-0.05, 0) is 37.5 Å². The van der Waals surface area contributed by atoms with Gasteiger partial charge in [0, 0.05) is 6.04 Å². The van der Waals surface area contributed by atoms with Crippen LogP contribution in [0.4, 0.5) is 0 Å². The first-order chi connectivity index (χ1) is 8.66. The van der Waals surface area contributed by atoms with Crippen molar-refractivity contribution in [2.24, 2.45) is 22.6 Å². The maximum absolute atomic E-state index is 6.09. The second-order valence-corrected chi connectivity index (χ2v) is 6.40. The molecule has 0 aromatic carbocycles. The predicted octanol–water partition coefficient (Wildman–Crippen LogP) is 3.05. The Bertz CT molecular complexity index is 279. The van der Waals surface area contributed by atoms with E-state index in [0.29, 0.717) is 18.0 Å². The van der Waals surface area contributed by atoms with Crippen molar-refractivity contribution in [2.45, 2.75) is 77.3 Å². The van der Waals surface area contributed by atoms with Crippen LogP contribution in [0.5, 0.6) is 0 Å². The van der Waals surface area contributed by atoms with E-state index in [1.54, 1.807) is 0 Å². The summed E-state index contributed by atoms with van der Waals surface area (Å²) in [5.74, 6) is 2.14. The standard InChI is InChI=1S/C15H29N3/c1-11(2)13-9-5-6-10-14(13)18-15(16)17-12-7-3-4-8-12/h11-14H,3-10H2,1-2H3,(H3,16,17,18). The lowest BCUT2D eigenvalue weighted by Crippen LogP contribution is -2.40. The molecule has 0 amide bonds. The highest BCUT2D eigenvalue weighted by Gasteiger charge is 2.27. The van der Waals surface area contributed by atoms with Gasteiger partial charge in [0.25, 0.3) is 0 Å². The molecule has 18 heavy (non-hydrogen) atoms. The summed E-state index contributed by atoms with van der Waals surface area (Å²) < 4.78 is 0. The Kier molecular flexibility index (Phi) is 4.90. The van der Waals surface area contributed by atoms with Crippen LogP contribution in [0.15, 0.2) is 4.99 Å². The molecule has 0 radical (unpaired) electrons. The third kappa shape index (κ3) is 3.63. The molecule has 104 valence electrons. The van der Waals surface area contributed by atoms with Gasteiger partial charge in [-0.25, -0.2) is 4.99 Å². The first-order valence-electron chi connectivity index (χ1n) is 7.76. The van der Waals surface area contributed by atoms with E-state index < -0.39 is 0 Å². The molecular formula is C15H29N3. The Hall–Kier alpha value is -0.730. The van der Waals surface area contributed by atoms with Crippen LogP contribution in [-0.4, -0.2) is 18.0 Å². The van der Waals surface area contributed by atoms with Crippen molar-refractivity contribution in [1.29, 1.82) is 0 Å². The Morgan fingerprint density at radius 2 is 1.67 bits per heavy atom. The Morgan fingerprint density at radius 3 is 2.33 bits per heavy atom. The zero-order valence-corrected chi connectivity index (χ0v) is 12.0. The molecule has 2 aliphatic carbocycles. The number of rotatable bonds is 3. The molecule has 3 N–H and O–H groups in total. The van der Waals surface area contributed by atoms with Crippen LogP contribution in [0.3, 0.4) is 0 Å². The average Bonchev–Trinajstić information content (AvgIpc) is 2.82. The zero-order chi connectivity index (χ0) is 13.0. The van der Waals surface area contributed by atoms with Crippen LogP contribution in [0.25, 0.3) is 0 Å². The minimum absolute atomic E-state index is 0.452. The summed E-state index contributed by atoms with van der Waals surface area (Å²) in [7, 11) is 0. The van der Waals surface area contributed by atoms with E-state index in [-0.39, 0.29) is 0 Å². The summed E-state index contributed by atoms with van der Waals surface area (Å²) in [6, 6.07) is 1.03. The number of guanidine groups is 1. The van der Waals surface area contributed by atoms with Gasteiger partial charge in [0.1, 0.15) is 0 Å². The van der Waals surface area contributed by atoms with Gasteiger partial charge < -0.3 is 11.1 Å². The molecular weight excluding hydrogens is 222 g/mol. The van der Waals surface area contributed by atoms with Gasteiger partial charge in [-0.1, -0.05) is 39.5 Å². The molecule has 0 aromatic rings. The van der Waals surface area contributed by atoms with E-state index >= 15 is 0 Å². The van der Waals surface area contributed by atoms with E-state index in [1.807, 2.05) is 0 Å². The molecule has 2 rings (SSSR count). The first kappa shape index (κ1) is 13.7. The lowest BCUT2D eigenvalue weighted by atomic mass is 9.78. The lowest BCUT2D eigenvalue weighted by Gasteiger charge is -2.32. The van der Waals surface area contributed by atoms with Gasteiger partial charge in [-0.3, -0.25) is 0 Å². The Labute approximate surface area is 112 Å². The highest BCUT2D eigenvalue weighted by Crippen LogP contribution is 2.32.